The first-order valence-electron chi connectivity index (χ1n) is 2.94. The Balaban J connectivity index is 3.35. The van der Waals surface area contributed by atoms with Gasteiger partial charge in [-0.05, 0) is 22.0 Å². The Morgan fingerprint density at radius 1 is 1.23 bits per heavy atom. The normalized spacial score (nSPS) is 9.62. The molecule has 13 heavy (non-hydrogen) atoms. The summed E-state index contributed by atoms with van der Waals surface area (Å²) in [5, 5.41) is 20.6. The molecule has 0 atom stereocenters. The van der Waals surface area contributed by atoms with Gasteiger partial charge in [0.2, 0.25) is 0 Å². The van der Waals surface area contributed by atoms with E-state index < -0.39 is 21.2 Å². The molecule has 0 aliphatic rings. The molecule has 0 aliphatic carbocycles. The predicted molar refractivity (Wildman–Crippen MR) is 45.1 cm³/mol. The zero-order chi connectivity index (χ0) is 10.0. The molecule has 0 aliphatic heterocycles. The molecule has 1 aromatic carbocycles. The van der Waals surface area contributed by atoms with Crippen LogP contribution in [-0.2, 0) is 0 Å². The highest BCUT2D eigenvalue weighted by molar-refractivity contribution is 9.10. The number of rotatable bonds is 2. The Morgan fingerprint density at radius 3 is 2.23 bits per heavy atom. The summed E-state index contributed by atoms with van der Waals surface area (Å²) in [5.74, 6) is 0. The molecule has 0 fully saturated rings. The number of benzene rings is 1. The zero-order valence-electron chi connectivity index (χ0n) is 5.98. The lowest BCUT2D eigenvalue weighted by Crippen LogP contribution is -1.96. The van der Waals surface area contributed by atoms with Crippen molar-refractivity contribution in [3.63, 3.8) is 0 Å². The minimum Gasteiger partial charge on any atom is -0.258 e. The van der Waals surface area contributed by atoms with E-state index in [1.165, 1.54) is 6.07 Å². The topological polar surface area (TPSA) is 86.3 Å². The molecular formula is C6HBrN2O4. The van der Waals surface area contributed by atoms with Crippen molar-refractivity contribution >= 4 is 27.3 Å². The monoisotopic (exact) mass is 244 g/mol. The molecule has 0 amide bonds. The van der Waals surface area contributed by atoms with Gasteiger partial charge in [-0.1, -0.05) is 0 Å². The Labute approximate surface area is 80.6 Å². The molecule has 0 N–H and O–H groups in total. The Hall–Kier alpha value is -1.50. The maximum absolute atomic E-state index is 10.3. The van der Waals surface area contributed by atoms with E-state index in [0.29, 0.717) is 0 Å². The fourth-order valence-electron chi connectivity index (χ4n) is 0.680. The fourth-order valence-corrected chi connectivity index (χ4v) is 0.982. The van der Waals surface area contributed by atoms with Crippen LogP contribution in [0.4, 0.5) is 11.4 Å². The van der Waals surface area contributed by atoms with Crippen molar-refractivity contribution < 1.29 is 9.85 Å². The summed E-state index contributed by atoms with van der Waals surface area (Å²) in [6, 6.07) is 5.57. The second-order valence-corrected chi connectivity index (χ2v) is 2.83. The van der Waals surface area contributed by atoms with Crippen molar-refractivity contribution in [3.8, 4) is 0 Å². The zero-order valence-corrected chi connectivity index (χ0v) is 7.57. The van der Waals surface area contributed by atoms with Crippen molar-refractivity contribution in [2.24, 2.45) is 0 Å². The first kappa shape index (κ1) is 9.59. The predicted octanol–water partition coefficient (Wildman–Crippen LogP) is 1.87. The molecule has 1 rings (SSSR count). The summed E-state index contributed by atoms with van der Waals surface area (Å²) in [6.45, 7) is 0. The van der Waals surface area contributed by atoms with Crippen LogP contribution in [0.5, 0.6) is 0 Å². The number of nitro groups is 2. The van der Waals surface area contributed by atoms with Gasteiger partial charge in [0.25, 0.3) is 0 Å². The molecule has 0 saturated carbocycles. The second-order valence-electron chi connectivity index (χ2n) is 1.97. The Bertz CT molecular complexity index is 379. The van der Waals surface area contributed by atoms with Gasteiger partial charge in [0, 0.05) is 4.47 Å². The summed E-state index contributed by atoms with van der Waals surface area (Å²) in [4.78, 5) is 18.8. The smallest absolute Gasteiger partial charge is 0.258 e. The maximum atomic E-state index is 10.3. The average Bonchev–Trinajstić information content (AvgIpc) is 2.03. The van der Waals surface area contributed by atoms with E-state index >= 15 is 0 Å². The van der Waals surface area contributed by atoms with Crippen LogP contribution in [-0.4, -0.2) is 9.85 Å². The summed E-state index contributed by atoms with van der Waals surface area (Å²) >= 11 is 2.90. The first-order chi connectivity index (χ1) is 6.02. The molecule has 0 heterocycles. The molecule has 66 valence electrons. The van der Waals surface area contributed by atoms with E-state index in [1.54, 1.807) is 0 Å². The summed E-state index contributed by atoms with van der Waals surface area (Å²) < 4.78 is 0.254. The molecule has 7 heteroatoms. The summed E-state index contributed by atoms with van der Waals surface area (Å²) in [7, 11) is 0. The SMILES string of the molecule is O=[N+]([O-])c1[c]cc(Br)[c]c1[N+](=O)[O-]. The third-order valence-electron chi connectivity index (χ3n) is 1.16. The van der Waals surface area contributed by atoms with E-state index in [9.17, 15) is 20.2 Å². The number of hydrogen-bond donors (Lipinski definition) is 0. The highest BCUT2D eigenvalue weighted by Gasteiger charge is 2.24. The van der Waals surface area contributed by atoms with Gasteiger partial charge in [0.05, 0.1) is 22.0 Å². The lowest BCUT2D eigenvalue weighted by atomic mass is 10.3. The Morgan fingerprint density at radius 2 is 1.77 bits per heavy atom. The summed E-state index contributed by atoms with van der Waals surface area (Å²) in [5.41, 5.74) is -1.38. The lowest BCUT2D eigenvalue weighted by molar-refractivity contribution is -0.422. The van der Waals surface area contributed by atoms with Crippen LogP contribution < -0.4 is 0 Å². The molecule has 6 nitrogen and oxygen atoms in total. The van der Waals surface area contributed by atoms with E-state index in [0.717, 1.165) is 0 Å². The molecule has 0 saturated heterocycles. The second kappa shape index (κ2) is 3.48. The van der Waals surface area contributed by atoms with Gasteiger partial charge in [-0.2, -0.15) is 0 Å². The number of nitro benzene ring substituents is 2. The van der Waals surface area contributed by atoms with Gasteiger partial charge >= 0.3 is 11.4 Å². The van der Waals surface area contributed by atoms with Crippen molar-refractivity contribution in [1.29, 1.82) is 0 Å². The van der Waals surface area contributed by atoms with Crippen molar-refractivity contribution in [2.45, 2.75) is 0 Å². The quantitative estimate of drug-likeness (QED) is 0.587. The van der Waals surface area contributed by atoms with Crippen LogP contribution in [0.2, 0.25) is 0 Å². The van der Waals surface area contributed by atoms with E-state index in [4.69, 9.17) is 0 Å². The van der Waals surface area contributed by atoms with Gasteiger partial charge < -0.3 is 0 Å². The fraction of sp³-hybridized carbons (Fsp3) is 0. The number of hydrogen-bond acceptors (Lipinski definition) is 4. The van der Waals surface area contributed by atoms with Crippen LogP contribution in [0, 0.1) is 32.4 Å². The van der Waals surface area contributed by atoms with E-state index in [2.05, 4.69) is 28.1 Å². The third-order valence-corrected chi connectivity index (χ3v) is 1.59. The maximum Gasteiger partial charge on any atom is 0.355 e. The molecule has 0 bridgehead atoms. The molecular weight excluding hydrogens is 244 g/mol. The third kappa shape index (κ3) is 2.00. The van der Waals surface area contributed by atoms with Crippen molar-refractivity contribution in [3.05, 3.63) is 42.9 Å². The van der Waals surface area contributed by atoms with Crippen LogP contribution in [0.15, 0.2) is 10.5 Å². The van der Waals surface area contributed by atoms with Crippen molar-refractivity contribution in [2.75, 3.05) is 0 Å². The van der Waals surface area contributed by atoms with Crippen LogP contribution in [0.1, 0.15) is 0 Å². The molecule has 2 radical (unpaired) electrons. The van der Waals surface area contributed by atoms with E-state index in [1.807, 2.05) is 0 Å². The number of halogens is 1. The molecule has 0 spiro atoms. The largest absolute Gasteiger partial charge is 0.355 e. The first-order valence-corrected chi connectivity index (χ1v) is 3.74. The van der Waals surface area contributed by atoms with Gasteiger partial charge in [-0.25, -0.2) is 0 Å². The van der Waals surface area contributed by atoms with Crippen LogP contribution >= 0.6 is 15.9 Å². The number of nitrogens with zero attached hydrogens (tertiary/aromatic N) is 2. The Kier molecular flexibility index (Phi) is 2.57. The van der Waals surface area contributed by atoms with Crippen LogP contribution in [0.25, 0.3) is 0 Å². The standard InChI is InChI=1S/C6HBrN2O4/c7-4-1-2-5(8(10)11)6(3-4)9(12)13/h1H. The highest BCUT2D eigenvalue weighted by Crippen LogP contribution is 2.27. The van der Waals surface area contributed by atoms with E-state index in [-0.39, 0.29) is 4.47 Å². The molecule has 0 unspecified atom stereocenters. The highest BCUT2D eigenvalue weighted by atomic mass is 79.9. The van der Waals surface area contributed by atoms with Gasteiger partial charge in [-0.15, -0.1) is 0 Å². The minimum absolute atomic E-state index is 0.254. The van der Waals surface area contributed by atoms with Gasteiger partial charge in [0.1, 0.15) is 0 Å². The van der Waals surface area contributed by atoms with Gasteiger partial charge in [-0.3, -0.25) is 20.2 Å². The van der Waals surface area contributed by atoms with Gasteiger partial charge in [0.15, 0.2) is 0 Å². The average molecular weight is 245 g/mol. The van der Waals surface area contributed by atoms with Crippen molar-refractivity contribution in [1.82, 2.24) is 0 Å². The van der Waals surface area contributed by atoms with Crippen LogP contribution in [0.3, 0.4) is 0 Å². The molecule has 1 aromatic rings. The molecule has 0 aromatic heterocycles. The minimum atomic E-state index is -0.876. The summed E-state index contributed by atoms with van der Waals surface area (Å²) in [6.07, 6.45) is 0. The lowest BCUT2D eigenvalue weighted by Gasteiger charge is -1.93.